The van der Waals surface area contributed by atoms with Crippen molar-refractivity contribution in [2.24, 2.45) is 11.8 Å². The fourth-order valence-electron chi connectivity index (χ4n) is 8.13. The Morgan fingerprint density at radius 1 is 0.547 bits per heavy atom. The number of carbonyl (C=O) groups excluding carboxylic acids is 5. The second-order valence-electron chi connectivity index (χ2n) is 16.3. The number of hydrogen-bond donors (Lipinski definition) is 3. The van der Waals surface area contributed by atoms with Gasteiger partial charge >= 0.3 is 36.1 Å². The lowest BCUT2D eigenvalue weighted by Crippen LogP contribution is -2.49. The van der Waals surface area contributed by atoms with Crippen LogP contribution in [0.2, 0.25) is 0 Å². The third-order valence-electron chi connectivity index (χ3n) is 12.1. The molecule has 0 saturated carbocycles. The number of fused-ring (bicyclic) bond motifs is 6. The maximum atomic E-state index is 13.9. The van der Waals surface area contributed by atoms with E-state index in [1.165, 1.54) is 0 Å². The molecule has 0 fully saturated rings. The summed E-state index contributed by atoms with van der Waals surface area (Å²) in [5, 5.41) is 14.3. The molecule has 0 spiro atoms. The predicted octanol–water partition coefficient (Wildman–Crippen LogP) is 8.15. The number of ether oxygens (including phenoxy) is 5. The highest BCUT2D eigenvalue weighted by Gasteiger charge is 2.35. The zero-order valence-electron chi connectivity index (χ0n) is 36.6. The van der Waals surface area contributed by atoms with E-state index in [-0.39, 0.29) is 44.3 Å². The van der Waals surface area contributed by atoms with Crippen molar-refractivity contribution in [3.05, 3.63) is 119 Å². The van der Waals surface area contributed by atoms with Crippen molar-refractivity contribution in [2.45, 2.75) is 89.8 Å². The van der Waals surface area contributed by atoms with Gasteiger partial charge in [0.2, 0.25) is 0 Å². The Kier molecular flexibility index (Phi) is 16.1. The van der Waals surface area contributed by atoms with E-state index in [9.17, 15) is 28.8 Å². The van der Waals surface area contributed by atoms with Crippen molar-refractivity contribution in [3.63, 3.8) is 0 Å². The SMILES string of the molecule is CC[C@H](C)[C@H](NC(=O)OCC1c2ccccc2-c2ccccc21)C(=O)OCC(COC(=O)CCCC(=O)O)OC(=O)[C@@H](NC(=O)OCC1c2ccccc2-c2ccccc21)[C@@H](C)CC. The standard InChI is InChI=1S/C50H56N2O12/c1-5-30(3)45(51-49(58)62-28-41-37-20-11-7-16-33(37)34-17-8-12-21-38(34)41)47(56)61-27-32(26-60-44(55)25-15-24-43(53)54)64-48(57)46(31(4)6-2)52-50(59)63-29-42-39-22-13-9-18-35(39)36-19-10-14-23-40(36)42/h7-14,16-23,30-32,41-42,45-46H,5-6,15,24-29H2,1-4H3,(H,51,58)(H,52,59)(H,53,54)/t30-,31-,32?,45-,46-/m0/s1. The summed E-state index contributed by atoms with van der Waals surface area (Å²) < 4.78 is 28.2. The third-order valence-corrected chi connectivity index (χ3v) is 12.1. The van der Waals surface area contributed by atoms with Crippen LogP contribution >= 0.6 is 0 Å². The monoisotopic (exact) mass is 876 g/mol. The highest BCUT2D eigenvalue weighted by Crippen LogP contribution is 2.45. The number of carboxylic acids is 1. The minimum Gasteiger partial charge on any atom is -0.481 e. The average Bonchev–Trinajstić information content (AvgIpc) is 3.80. The number of aliphatic carboxylic acids is 1. The van der Waals surface area contributed by atoms with Crippen LogP contribution in [0.15, 0.2) is 97.1 Å². The van der Waals surface area contributed by atoms with Crippen molar-refractivity contribution in [1.82, 2.24) is 10.6 Å². The van der Waals surface area contributed by atoms with Gasteiger partial charge in [-0.2, -0.15) is 0 Å². The normalized spacial score (nSPS) is 14.8. The first-order valence-corrected chi connectivity index (χ1v) is 21.9. The van der Waals surface area contributed by atoms with Gasteiger partial charge < -0.3 is 39.4 Å². The number of rotatable bonds is 21. The van der Waals surface area contributed by atoms with Crippen molar-refractivity contribution in [2.75, 3.05) is 26.4 Å². The molecule has 0 aliphatic heterocycles. The zero-order chi connectivity index (χ0) is 45.8. The second-order valence-corrected chi connectivity index (χ2v) is 16.3. The lowest BCUT2D eigenvalue weighted by Gasteiger charge is -2.27. The highest BCUT2D eigenvalue weighted by atomic mass is 16.6. The smallest absolute Gasteiger partial charge is 0.407 e. The third kappa shape index (κ3) is 11.5. The van der Waals surface area contributed by atoms with Crippen LogP contribution in [-0.4, -0.2) is 85.8 Å². The van der Waals surface area contributed by atoms with Crippen molar-refractivity contribution in [1.29, 1.82) is 0 Å². The number of benzene rings is 4. The van der Waals surface area contributed by atoms with Crippen LogP contribution in [0.5, 0.6) is 0 Å². The molecular weight excluding hydrogens is 821 g/mol. The molecule has 2 aliphatic carbocycles. The minimum atomic E-state index is -1.34. The zero-order valence-corrected chi connectivity index (χ0v) is 36.6. The molecule has 4 aromatic carbocycles. The maximum absolute atomic E-state index is 13.9. The van der Waals surface area contributed by atoms with Gasteiger partial charge in [-0.3, -0.25) is 9.59 Å². The van der Waals surface area contributed by atoms with Gasteiger partial charge in [-0.25, -0.2) is 19.2 Å². The second kappa shape index (κ2) is 22.1. The van der Waals surface area contributed by atoms with E-state index in [0.29, 0.717) is 12.8 Å². The topological polar surface area (TPSA) is 193 Å². The molecule has 14 heteroatoms. The van der Waals surface area contributed by atoms with Crippen LogP contribution in [0.4, 0.5) is 9.59 Å². The van der Waals surface area contributed by atoms with Crippen LogP contribution in [0.1, 0.15) is 93.9 Å². The lowest BCUT2D eigenvalue weighted by molar-refractivity contribution is -0.170. The molecule has 4 aromatic rings. The summed E-state index contributed by atoms with van der Waals surface area (Å²) in [6, 6.07) is 29.3. The number of carboxylic acid groups (broad SMARTS) is 1. The van der Waals surface area contributed by atoms with E-state index in [1.54, 1.807) is 13.8 Å². The Morgan fingerprint density at radius 3 is 1.34 bits per heavy atom. The molecule has 0 aromatic heterocycles. The molecule has 14 nitrogen and oxygen atoms in total. The predicted molar refractivity (Wildman–Crippen MR) is 236 cm³/mol. The summed E-state index contributed by atoms with van der Waals surface area (Å²) in [7, 11) is 0. The van der Waals surface area contributed by atoms with Crippen LogP contribution in [0.25, 0.3) is 22.3 Å². The van der Waals surface area contributed by atoms with Crippen LogP contribution in [0, 0.1) is 11.8 Å². The number of amides is 2. The highest BCUT2D eigenvalue weighted by molar-refractivity contribution is 5.84. The van der Waals surface area contributed by atoms with Crippen LogP contribution in [-0.2, 0) is 42.9 Å². The number of nitrogens with one attached hydrogen (secondary N) is 2. The van der Waals surface area contributed by atoms with Crippen molar-refractivity contribution in [3.8, 4) is 22.3 Å². The number of carbonyl (C=O) groups is 6. The van der Waals surface area contributed by atoms with Gasteiger partial charge in [0.05, 0.1) is 0 Å². The van der Waals surface area contributed by atoms with Gasteiger partial charge in [0.25, 0.3) is 0 Å². The quantitative estimate of drug-likeness (QED) is 0.0538. The summed E-state index contributed by atoms with van der Waals surface area (Å²) in [5.74, 6) is -4.81. The summed E-state index contributed by atoms with van der Waals surface area (Å²) in [5.41, 5.74) is 8.36. The fourth-order valence-corrected chi connectivity index (χ4v) is 8.13. The molecule has 64 heavy (non-hydrogen) atoms. The van der Waals surface area contributed by atoms with Gasteiger partial charge in [0, 0.05) is 24.7 Å². The molecular formula is C50H56N2O12. The molecule has 338 valence electrons. The molecule has 6 rings (SSSR count). The van der Waals surface area contributed by atoms with Gasteiger partial charge in [-0.05, 0) is 62.8 Å². The van der Waals surface area contributed by atoms with E-state index in [1.807, 2.05) is 111 Å². The molecule has 0 bridgehead atoms. The van der Waals surface area contributed by atoms with E-state index < -0.39 is 79.3 Å². The Hall–Kier alpha value is -6.70. The molecule has 0 radical (unpaired) electrons. The number of hydrogen-bond acceptors (Lipinski definition) is 11. The maximum Gasteiger partial charge on any atom is 0.407 e. The molecule has 0 heterocycles. The molecule has 1 unspecified atom stereocenters. The largest absolute Gasteiger partial charge is 0.481 e. The molecule has 0 saturated heterocycles. The van der Waals surface area contributed by atoms with Crippen molar-refractivity contribution < 1.29 is 57.6 Å². The summed E-state index contributed by atoms with van der Waals surface area (Å²) in [6.07, 6.45) is -2.52. The molecule has 2 aliphatic rings. The molecule has 2 amide bonds. The van der Waals surface area contributed by atoms with E-state index in [0.717, 1.165) is 44.5 Å². The van der Waals surface area contributed by atoms with Gasteiger partial charge in [-0.15, -0.1) is 0 Å². The first kappa shape index (κ1) is 46.8. The Bertz CT molecular complexity index is 2220. The Morgan fingerprint density at radius 2 is 0.938 bits per heavy atom. The van der Waals surface area contributed by atoms with Gasteiger partial charge in [0.1, 0.15) is 38.5 Å². The van der Waals surface area contributed by atoms with Gasteiger partial charge in [0.15, 0.2) is 6.10 Å². The van der Waals surface area contributed by atoms with E-state index in [2.05, 4.69) is 10.6 Å². The number of esters is 3. The Labute approximate surface area is 373 Å². The first-order valence-electron chi connectivity index (χ1n) is 21.9. The van der Waals surface area contributed by atoms with Crippen LogP contribution in [0.3, 0.4) is 0 Å². The fraction of sp³-hybridized carbons (Fsp3) is 0.400. The average molecular weight is 877 g/mol. The van der Waals surface area contributed by atoms with Crippen LogP contribution < -0.4 is 10.6 Å². The summed E-state index contributed by atoms with van der Waals surface area (Å²) in [6.45, 7) is 6.11. The minimum absolute atomic E-state index is 0.0139. The van der Waals surface area contributed by atoms with E-state index in [4.69, 9.17) is 28.8 Å². The summed E-state index contributed by atoms with van der Waals surface area (Å²) >= 11 is 0. The van der Waals surface area contributed by atoms with E-state index >= 15 is 0 Å². The summed E-state index contributed by atoms with van der Waals surface area (Å²) in [4.78, 5) is 77.8. The molecule has 5 atom stereocenters. The Balaban J connectivity index is 1.09. The van der Waals surface area contributed by atoms with Crippen molar-refractivity contribution >= 4 is 36.1 Å². The van der Waals surface area contributed by atoms with Gasteiger partial charge in [-0.1, -0.05) is 138 Å². The molecule has 3 N–H and O–H groups in total. The number of alkyl carbamates (subject to hydrolysis) is 2. The first-order chi connectivity index (χ1) is 30.9. The lowest BCUT2D eigenvalue weighted by atomic mass is 9.98.